The Morgan fingerprint density at radius 3 is 2.13 bits per heavy atom. The lowest BCUT2D eigenvalue weighted by Crippen LogP contribution is -2.49. The summed E-state index contributed by atoms with van der Waals surface area (Å²) in [5.74, 6) is -2.63. The van der Waals surface area contributed by atoms with E-state index in [0.29, 0.717) is 6.20 Å². The first-order chi connectivity index (χ1) is 13.6. The van der Waals surface area contributed by atoms with Crippen molar-refractivity contribution in [3.63, 3.8) is 0 Å². The number of nitrogens with zero attached hydrogens (tertiary/aromatic N) is 1. The van der Waals surface area contributed by atoms with Crippen LogP contribution in [0.1, 0.15) is 44.4 Å². The number of benzene rings is 1. The molecule has 30 heavy (non-hydrogen) atoms. The van der Waals surface area contributed by atoms with Crippen LogP contribution in [0.15, 0.2) is 18.3 Å². The standard InChI is InChI=1S/C20H22BF5NO3/c1-10-12(20(24,25)26)9-27-17(15(10)21-30-19(5,6)18(3,4)28)29-14-8-7-13(22)16(23)11(14)2/h7-9,28H,1-6H3. The topological polar surface area (TPSA) is 51.6 Å². The predicted octanol–water partition coefficient (Wildman–Crippen LogP) is 4.60. The van der Waals surface area contributed by atoms with E-state index in [-0.39, 0.29) is 28.2 Å². The van der Waals surface area contributed by atoms with Crippen LogP contribution in [0.3, 0.4) is 0 Å². The van der Waals surface area contributed by atoms with Crippen molar-refractivity contribution in [3.05, 3.63) is 46.7 Å². The zero-order valence-electron chi connectivity index (χ0n) is 17.4. The number of alkyl halides is 3. The molecule has 0 bridgehead atoms. The average Bonchev–Trinajstić information content (AvgIpc) is 2.59. The van der Waals surface area contributed by atoms with Gasteiger partial charge in [-0.05, 0) is 59.2 Å². The summed E-state index contributed by atoms with van der Waals surface area (Å²) in [7, 11) is 1.01. The molecule has 2 aromatic rings. The minimum Gasteiger partial charge on any atom is -0.439 e. The van der Waals surface area contributed by atoms with Gasteiger partial charge in [-0.3, -0.25) is 0 Å². The molecule has 4 nitrogen and oxygen atoms in total. The number of hydrogen-bond acceptors (Lipinski definition) is 4. The minimum absolute atomic E-state index is 0.114. The van der Waals surface area contributed by atoms with Crippen molar-refractivity contribution in [2.75, 3.05) is 0 Å². The van der Waals surface area contributed by atoms with Gasteiger partial charge < -0.3 is 14.5 Å². The minimum atomic E-state index is -4.68. The Morgan fingerprint density at radius 2 is 1.60 bits per heavy atom. The van der Waals surface area contributed by atoms with Crippen LogP contribution in [0, 0.1) is 25.5 Å². The second-order valence-electron chi connectivity index (χ2n) is 7.91. The van der Waals surface area contributed by atoms with E-state index in [9.17, 15) is 27.1 Å². The maximum Gasteiger partial charge on any atom is 0.418 e. The van der Waals surface area contributed by atoms with E-state index >= 15 is 0 Å². The number of aliphatic hydroxyl groups is 1. The lowest BCUT2D eigenvalue weighted by atomic mass is 9.80. The molecule has 1 heterocycles. The van der Waals surface area contributed by atoms with Crippen molar-refractivity contribution in [3.8, 4) is 11.6 Å². The second kappa shape index (κ2) is 8.15. The fraction of sp³-hybridized carbons (Fsp3) is 0.450. The summed E-state index contributed by atoms with van der Waals surface area (Å²) >= 11 is 0. The SMILES string of the molecule is Cc1c(Oc2ncc(C(F)(F)F)c(C)c2[B]OC(C)(C)C(C)(C)O)ccc(F)c1F. The molecule has 2 rings (SSSR count). The van der Waals surface area contributed by atoms with E-state index in [2.05, 4.69) is 4.98 Å². The number of rotatable bonds is 6. The Morgan fingerprint density at radius 1 is 1.00 bits per heavy atom. The van der Waals surface area contributed by atoms with Gasteiger partial charge in [-0.2, -0.15) is 13.2 Å². The van der Waals surface area contributed by atoms with Gasteiger partial charge in [0.25, 0.3) is 0 Å². The van der Waals surface area contributed by atoms with Gasteiger partial charge in [-0.25, -0.2) is 13.8 Å². The lowest BCUT2D eigenvalue weighted by molar-refractivity contribution is -0.138. The normalized spacial score (nSPS) is 12.8. The molecule has 0 saturated heterocycles. The lowest BCUT2D eigenvalue weighted by Gasteiger charge is -2.37. The van der Waals surface area contributed by atoms with Crippen molar-refractivity contribution in [2.24, 2.45) is 0 Å². The van der Waals surface area contributed by atoms with Gasteiger partial charge >= 0.3 is 13.7 Å². The largest absolute Gasteiger partial charge is 0.439 e. The van der Waals surface area contributed by atoms with Crippen LogP contribution in [0.4, 0.5) is 22.0 Å². The van der Waals surface area contributed by atoms with E-state index in [1.165, 1.54) is 27.7 Å². The van der Waals surface area contributed by atoms with Crippen LogP contribution in [-0.4, -0.2) is 28.8 Å². The maximum atomic E-state index is 13.8. The highest BCUT2D eigenvalue weighted by atomic mass is 19.4. The monoisotopic (exact) mass is 430 g/mol. The van der Waals surface area contributed by atoms with Crippen molar-refractivity contribution < 1.29 is 36.4 Å². The molecule has 0 unspecified atom stereocenters. The molecule has 10 heteroatoms. The zero-order valence-corrected chi connectivity index (χ0v) is 17.4. The van der Waals surface area contributed by atoms with Crippen molar-refractivity contribution >= 4 is 12.9 Å². The van der Waals surface area contributed by atoms with E-state index in [1.54, 1.807) is 13.8 Å². The Bertz CT molecular complexity index is 940. The van der Waals surface area contributed by atoms with Crippen LogP contribution in [0.25, 0.3) is 0 Å². The molecule has 1 radical (unpaired) electrons. The third-order valence-electron chi connectivity index (χ3n) is 5.10. The summed E-state index contributed by atoms with van der Waals surface area (Å²) in [6.07, 6.45) is -4.08. The molecule has 163 valence electrons. The van der Waals surface area contributed by atoms with Crippen LogP contribution < -0.4 is 10.2 Å². The molecule has 0 aliphatic rings. The highest BCUT2D eigenvalue weighted by molar-refractivity contribution is 6.49. The third kappa shape index (κ3) is 4.92. The Balaban J connectivity index is 2.53. The summed E-state index contributed by atoms with van der Waals surface area (Å²) in [6, 6.07) is 1.99. The summed E-state index contributed by atoms with van der Waals surface area (Å²) in [4.78, 5) is 3.73. The van der Waals surface area contributed by atoms with E-state index in [1.807, 2.05) is 0 Å². The van der Waals surface area contributed by atoms with Gasteiger partial charge in [0.15, 0.2) is 11.6 Å². The van der Waals surface area contributed by atoms with Crippen LogP contribution in [-0.2, 0) is 10.8 Å². The van der Waals surface area contributed by atoms with Gasteiger partial charge in [-0.15, -0.1) is 0 Å². The predicted molar refractivity (Wildman–Crippen MR) is 102 cm³/mol. The van der Waals surface area contributed by atoms with Gasteiger partial charge in [0.2, 0.25) is 5.88 Å². The summed E-state index contributed by atoms with van der Waals surface area (Å²) in [6.45, 7) is 8.56. The summed E-state index contributed by atoms with van der Waals surface area (Å²) in [5, 5.41) is 10.2. The second-order valence-corrected chi connectivity index (χ2v) is 7.91. The fourth-order valence-corrected chi connectivity index (χ4v) is 2.30. The van der Waals surface area contributed by atoms with Gasteiger partial charge in [0.05, 0.1) is 16.8 Å². The molecule has 0 aliphatic heterocycles. The van der Waals surface area contributed by atoms with Crippen molar-refractivity contribution in [2.45, 2.75) is 58.9 Å². The summed E-state index contributed by atoms with van der Waals surface area (Å²) < 4.78 is 78.4. The Kier molecular flexibility index (Phi) is 6.54. The van der Waals surface area contributed by atoms with Crippen LogP contribution >= 0.6 is 0 Å². The quantitative estimate of drug-likeness (QED) is 0.538. The number of aromatic nitrogens is 1. The maximum absolute atomic E-state index is 13.8. The number of halogens is 5. The van der Waals surface area contributed by atoms with Crippen LogP contribution in [0.2, 0.25) is 0 Å². The van der Waals surface area contributed by atoms with Gasteiger partial charge in [0, 0.05) is 17.2 Å². The molecule has 0 aliphatic carbocycles. The number of pyridine rings is 1. The van der Waals surface area contributed by atoms with Crippen molar-refractivity contribution in [1.82, 2.24) is 4.98 Å². The van der Waals surface area contributed by atoms with E-state index in [4.69, 9.17) is 9.39 Å². The molecule has 0 atom stereocenters. The third-order valence-corrected chi connectivity index (χ3v) is 5.10. The molecule has 0 fully saturated rings. The fourth-order valence-electron chi connectivity index (χ4n) is 2.30. The molecule has 1 aromatic carbocycles. The Hall–Kier alpha value is -2.20. The first-order valence-electron chi connectivity index (χ1n) is 8.99. The molecular weight excluding hydrogens is 408 g/mol. The van der Waals surface area contributed by atoms with E-state index in [0.717, 1.165) is 19.6 Å². The first kappa shape index (κ1) is 24.1. The first-order valence-corrected chi connectivity index (χ1v) is 8.99. The number of ether oxygens (including phenoxy) is 1. The molecule has 0 saturated carbocycles. The molecule has 1 aromatic heterocycles. The average molecular weight is 430 g/mol. The molecular formula is C20H22BF5NO3. The highest BCUT2D eigenvalue weighted by Gasteiger charge is 2.38. The molecule has 0 spiro atoms. The summed E-state index contributed by atoms with van der Waals surface area (Å²) in [5.41, 5.74) is -4.07. The Labute approximate surface area is 172 Å². The molecule has 1 N–H and O–H groups in total. The zero-order chi connectivity index (χ0) is 23.1. The van der Waals surface area contributed by atoms with Gasteiger partial charge in [-0.1, -0.05) is 0 Å². The highest BCUT2D eigenvalue weighted by Crippen LogP contribution is 2.33. The van der Waals surface area contributed by atoms with Crippen molar-refractivity contribution in [1.29, 1.82) is 0 Å². The number of hydrogen-bond donors (Lipinski definition) is 1. The van der Waals surface area contributed by atoms with E-state index < -0.39 is 34.6 Å². The van der Waals surface area contributed by atoms with Gasteiger partial charge in [0.1, 0.15) is 5.75 Å². The van der Waals surface area contributed by atoms with Crippen LogP contribution in [0.5, 0.6) is 11.6 Å². The smallest absolute Gasteiger partial charge is 0.418 e. The molecule has 0 amide bonds.